The summed E-state index contributed by atoms with van der Waals surface area (Å²) in [6.07, 6.45) is 10.5. The monoisotopic (exact) mass is 368 g/mol. The highest BCUT2D eigenvalue weighted by Crippen LogP contribution is 2.18. The van der Waals surface area contributed by atoms with Gasteiger partial charge in [0.25, 0.3) is 0 Å². The second-order valence-electron chi connectivity index (χ2n) is 5.88. The Balaban J connectivity index is 2.47. The number of rotatable bonds is 11. The van der Waals surface area contributed by atoms with Crippen molar-refractivity contribution in [2.45, 2.75) is 77.7 Å². The number of halogens is 1. The molecule has 0 spiro atoms. The highest BCUT2D eigenvalue weighted by Gasteiger charge is 2.15. The van der Waals surface area contributed by atoms with Crippen LogP contribution in [0.4, 0.5) is 0 Å². The first kappa shape index (κ1) is 19.2. The zero-order valence-electron chi connectivity index (χ0n) is 13.9. The predicted octanol–water partition coefficient (Wildman–Crippen LogP) is 6.53. The van der Waals surface area contributed by atoms with Crippen LogP contribution < -0.4 is 0 Å². The van der Waals surface area contributed by atoms with Gasteiger partial charge in [-0.3, -0.25) is 0 Å². The summed E-state index contributed by atoms with van der Waals surface area (Å²) in [5.41, 5.74) is 0.627. The highest BCUT2D eigenvalue weighted by molar-refractivity contribution is 9.10. The molecule has 1 rings (SSSR count). The van der Waals surface area contributed by atoms with E-state index >= 15 is 0 Å². The number of ether oxygens (including phenoxy) is 1. The van der Waals surface area contributed by atoms with Crippen LogP contribution in [0.5, 0.6) is 0 Å². The summed E-state index contributed by atoms with van der Waals surface area (Å²) in [6, 6.07) is 7.41. The Labute approximate surface area is 143 Å². The Morgan fingerprint density at radius 1 is 1.05 bits per heavy atom. The van der Waals surface area contributed by atoms with Crippen LogP contribution in [0.25, 0.3) is 0 Å². The summed E-state index contributed by atoms with van der Waals surface area (Å²) in [7, 11) is 0. The minimum atomic E-state index is -0.198. The van der Waals surface area contributed by atoms with Crippen molar-refractivity contribution in [3.63, 3.8) is 0 Å². The number of carbonyl (C=O) groups is 1. The van der Waals surface area contributed by atoms with E-state index in [1.807, 2.05) is 24.3 Å². The zero-order valence-corrected chi connectivity index (χ0v) is 15.5. The minimum absolute atomic E-state index is 0.0630. The van der Waals surface area contributed by atoms with Crippen LogP contribution in [0.1, 0.15) is 82.0 Å². The van der Waals surface area contributed by atoms with Gasteiger partial charge in [0.1, 0.15) is 6.10 Å². The quantitative estimate of drug-likeness (QED) is 0.328. The molecule has 0 fully saturated rings. The molecular weight excluding hydrogens is 340 g/mol. The molecule has 22 heavy (non-hydrogen) atoms. The second kappa shape index (κ2) is 11.7. The van der Waals surface area contributed by atoms with E-state index in [4.69, 9.17) is 4.74 Å². The third-order valence-corrected chi connectivity index (χ3v) is 4.34. The topological polar surface area (TPSA) is 26.3 Å². The molecule has 2 nitrogen and oxygen atoms in total. The molecule has 0 heterocycles. The van der Waals surface area contributed by atoms with Crippen LogP contribution in [0.15, 0.2) is 28.7 Å². The first-order chi connectivity index (χ1) is 10.7. The summed E-state index contributed by atoms with van der Waals surface area (Å²) in [5, 5.41) is 0. The standard InChI is InChI=1S/C19H29BrO2/c1-3-5-7-8-9-14-18(13-6-4-2)22-19(21)16-11-10-12-17(20)15-16/h10-12,15,18H,3-9,13-14H2,1-2H3. The average Bonchev–Trinajstić information content (AvgIpc) is 2.52. The number of esters is 1. The van der Waals surface area contributed by atoms with Crippen molar-refractivity contribution in [2.24, 2.45) is 0 Å². The molecule has 0 aliphatic rings. The van der Waals surface area contributed by atoms with Crippen LogP contribution in [0.3, 0.4) is 0 Å². The van der Waals surface area contributed by atoms with E-state index < -0.39 is 0 Å². The molecule has 0 radical (unpaired) electrons. The SMILES string of the molecule is CCCCCCCC(CCCC)OC(=O)c1cccc(Br)c1. The van der Waals surface area contributed by atoms with E-state index in [0.29, 0.717) is 5.56 Å². The number of unbranched alkanes of at least 4 members (excludes halogenated alkanes) is 5. The van der Waals surface area contributed by atoms with Crippen LogP contribution in [0.2, 0.25) is 0 Å². The molecule has 0 bridgehead atoms. The van der Waals surface area contributed by atoms with Crippen molar-refractivity contribution >= 4 is 21.9 Å². The van der Waals surface area contributed by atoms with Crippen molar-refractivity contribution in [1.29, 1.82) is 0 Å². The maximum absolute atomic E-state index is 12.3. The van der Waals surface area contributed by atoms with Gasteiger partial charge in [0.15, 0.2) is 0 Å². The first-order valence-electron chi connectivity index (χ1n) is 8.64. The Morgan fingerprint density at radius 3 is 2.41 bits per heavy atom. The maximum atomic E-state index is 12.3. The molecule has 1 unspecified atom stereocenters. The van der Waals surface area contributed by atoms with Gasteiger partial charge in [-0.1, -0.05) is 74.4 Å². The molecule has 0 aliphatic carbocycles. The van der Waals surface area contributed by atoms with E-state index in [1.165, 1.54) is 25.7 Å². The van der Waals surface area contributed by atoms with Crippen molar-refractivity contribution < 1.29 is 9.53 Å². The molecular formula is C19H29BrO2. The number of carbonyl (C=O) groups excluding carboxylic acids is 1. The second-order valence-corrected chi connectivity index (χ2v) is 6.80. The summed E-state index contributed by atoms with van der Waals surface area (Å²) in [4.78, 5) is 12.3. The molecule has 1 aromatic rings. The van der Waals surface area contributed by atoms with Gasteiger partial charge in [-0.25, -0.2) is 4.79 Å². The largest absolute Gasteiger partial charge is 0.459 e. The van der Waals surface area contributed by atoms with Crippen LogP contribution in [-0.4, -0.2) is 12.1 Å². The fraction of sp³-hybridized carbons (Fsp3) is 0.632. The lowest BCUT2D eigenvalue weighted by Gasteiger charge is -2.18. The van der Waals surface area contributed by atoms with E-state index in [9.17, 15) is 4.79 Å². The summed E-state index contributed by atoms with van der Waals surface area (Å²) in [5.74, 6) is -0.198. The highest BCUT2D eigenvalue weighted by atomic mass is 79.9. The normalized spacial score (nSPS) is 12.1. The van der Waals surface area contributed by atoms with E-state index in [1.54, 1.807) is 0 Å². The van der Waals surface area contributed by atoms with Gasteiger partial charge in [0.05, 0.1) is 5.56 Å². The van der Waals surface area contributed by atoms with Gasteiger partial charge in [-0.05, 0) is 37.5 Å². The number of hydrogen-bond acceptors (Lipinski definition) is 2. The van der Waals surface area contributed by atoms with Gasteiger partial charge in [0.2, 0.25) is 0 Å². The van der Waals surface area contributed by atoms with Crippen molar-refractivity contribution in [1.82, 2.24) is 0 Å². The number of benzene rings is 1. The van der Waals surface area contributed by atoms with Crippen LogP contribution in [-0.2, 0) is 4.74 Å². The van der Waals surface area contributed by atoms with Crippen molar-refractivity contribution in [2.75, 3.05) is 0 Å². The molecule has 0 N–H and O–H groups in total. The lowest BCUT2D eigenvalue weighted by Crippen LogP contribution is -2.18. The fourth-order valence-corrected chi connectivity index (χ4v) is 2.90. The molecule has 0 aromatic heterocycles. The van der Waals surface area contributed by atoms with Gasteiger partial charge >= 0.3 is 5.97 Å². The van der Waals surface area contributed by atoms with Gasteiger partial charge < -0.3 is 4.74 Å². The van der Waals surface area contributed by atoms with E-state index in [0.717, 1.165) is 36.6 Å². The molecule has 1 atom stereocenters. The molecule has 124 valence electrons. The van der Waals surface area contributed by atoms with Gasteiger partial charge in [-0.2, -0.15) is 0 Å². The Hall–Kier alpha value is -0.830. The lowest BCUT2D eigenvalue weighted by molar-refractivity contribution is 0.0250. The Bertz CT molecular complexity index is 431. The average molecular weight is 369 g/mol. The number of hydrogen-bond donors (Lipinski definition) is 0. The molecule has 0 amide bonds. The van der Waals surface area contributed by atoms with Crippen LogP contribution >= 0.6 is 15.9 Å². The zero-order chi connectivity index (χ0) is 16.2. The first-order valence-corrected chi connectivity index (χ1v) is 9.43. The predicted molar refractivity (Wildman–Crippen MR) is 96.2 cm³/mol. The molecule has 3 heteroatoms. The van der Waals surface area contributed by atoms with E-state index in [-0.39, 0.29) is 12.1 Å². The maximum Gasteiger partial charge on any atom is 0.338 e. The molecule has 0 saturated heterocycles. The molecule has 0 saturated carbocycles. The van der Waals surface area contributed by atoms with Crippen molar-refractivity contribution in [3.8, 4) is 0 Å². The molecule has 0 aliphatic heterocycles. The van der Waals surface area contributed by atoms with E-state index in [2.05, 4.69) is 29.8 Å². The Kier molecular flexibility index (Phi) is 10.2. The summed E-state index contributed by atoms with van der Waals surface area (Å²) < 4.78 is 6.65. The smallest absolute Gasteiger partial charge is 0.338 e. The molecule has 1 aromatic carbocycles. The summed E-state index contributed by atoms with van der Waals surface area (Å²) >= 11 is 3.40. The van der Waals surface area contributed by atoms with Crippen LogP contribution in [0, 0.1) is 0 Å². The summed E-state index contributed by atoms with van der Waals surface area (Å²) in [6.45, 7) is 4.40. The minimum Gasteiger partial charge on any atom is -0.459 e. The third-order valence-electron chi connectivity index (χ3n) is 3.84. The fourth-order valence-electron chi connectivity index (χ4n) is 2.50. The Morgan fingerprint density at radius 2 is 1.73 bits per heavy atom. The van der Waals surface area contributed by atoms with Gasteiger partial charge in [0, 0.05) is 4.47 Å². The van der Waals surface area contributed by atoms with Crippen molar-refractivity contribution in [3.05, 3.63) is 34.3 Å². The lowest BCUT2D eigenvalue weighted by atomic mass is 10.0. The third kappa shape index (κ3) is 7.98. The van der Waals surface area contributed by atoms with Gasteiger partial charge in [-0.15, -0.1) is 0 Å².